The molecule has 0 aliphatic rings. The molecule has 2 amide bonds. The number of hydrogen-bond acceptors (Lipinski definition) is 6. The number of rotatable bonds is 7. The van der Waals surface area contributed by atoms with Crippen LogP contribution in [-0.2, 0) is 6.42 Å². The van der Waals surface area contributed by atoms with Crippen LogP contribution in [0.5, 0.6) is 5.75 Å². The van der Waals surface area contributed by atoms with E-state index in [1.807, 2.05) is 24.3 Å². The van der Waals surface area contributed by atoms with Crippen molar-refractivity contribution in [2.24, 2.45) is 0 Å². The van der Waals surface area contributed by atoms with Crippen molar-refractivity contribution >= 4 is 29.3 Å². The van der Waals surface area contributed by atoms with Crippen LogP contribution in [0.2, 0.25) is 5.02 Å². The van der Waals surface area contributed by atoms with Crippen LogP contribution >= 0.6 is 11.6 Å². The molecule has 1 heterocycles. The first-order valence-corrected chi connectivity index (χ1v) is 8.92. The van der Waals surface area contributed by atoms with Crippen LogP contribution in [0.1, 0.15) is 17.4 Å². The molecule has 0 aliphatic heterocycles. The predicted octanol–water partition coefficient (Wildman–Crippen LogP) is 3.88. The van der Waals surface area contributed by atoms with Gasteiger partial charge in [0.05, 0.1) is 13.2 Å². The summed E-state index contributed by atoms with van der Waals surface area (Å²) in [4.78, 5) is 16.7. The molecular formula is C19H20ClN5O3. The molecule has 0 bridgehead atoms. The number of urea groups is 1. The first-order chi connectivity index (χ1) is 13.6. The van der Waals surface area contributed by atoms with E-state index >= 15 is 0 Å². The summed E-state index contributed by atoms with van der Waals surface area (Å²) in [5, 5.41) is 13.0. The maximum absolute atomic E-state index is 12.5. The average molecular weight is 402 g/mol. The molecule has 0 spiro atoms. The molecule has 1 aromatic heterocycles. The fraction of sp³-hybridized carbons (Fsp3) is 0.211. The number of hydrogen-bond donors (Lipinski definition) is 3. The zero-order valence-corrected chi connectivity index (χ0v) is 16.2. The molecule has 9 heteroatoms. The zero-order valence-electron chi connectivity index (χ0n) is 15.4. The molecular weight excluding hydrogens is 382 g/mol. The van der Waals surface area contributed by atoms with E-state index < -0.39 is 12.1 Å². The monoisotopic (exact) mass is 401 g/mol. The Morgan fingerprint density at radius 3 is 2.50 bits per heavy atom. The van der Waals surface area contributed by atoms with Crippen molar-refractivity contribution in [2.75, 3.05) is 24.8 Å². The number of carbonyl (C=O) groups is 1. The van der Waals surface area contributed by atoms with Crippen LogP contribution in [0.25, 0.3) is 0 Å². The molecule has 146 valence electrons. The summed E-state index contributed by atoms with van der Waals surface area (Å²) in [6.07, 6.45) is 0.473. The van der Waals surface area contributed by atoms with E-state index in [4.69, 9.17) is 20.9 Å². The molecule has 2 aromatic carbocycles. The van der Waals surface area contributed by atoms with Crippen LogP contribution < -0.4 is 20.7 Å². The SMILES string of the molecule is CNc1nc([C@H](Cc2ccc(OC)cc2)NC(=O)Nc2ccc(Cl)cc2)no1. The van der Waals surface area contributed by atoms with Gasteiger partial charge in [-0.2, -0.15) is 4.98 Å². The third-order valence-corrected chi connectivity index (χ3v) is 4.23. The number of anilines is 2. The fourth-order valence-corrected chi connectivity index (χ4v) is 2.67. The van der Waals surface area contributed by atoms with Gasteiger partial charge in [0.25, 0.3) is 0 Å². The van der Waals surface area contributed by atoms with Crippen molar-refractivity contribution in [3.63, 3.8) is 0 Å². The van der Waals surface area contributed by atoms with Gasteiger partial charge in [0.2, 0.25) is 0 Å². The summed E-state index contributed by atoms with van der Waals surface area (Å²) in [5.74, 6) is 1.12. The first kappa shape index (κ1) is 19.5. The van der Waals surface area contributed by atoms with E-state index in [9.17, 15) is 4.79 Å². The van der Waals surface area contributed by atoms with Gasteiger partial charge in [0.1, 0.15) is 5.75 Å². The van der Waals surface area contributed by atoms with Gasteiger partial charge in [0.15, 0.2) is 5.82 Å². The highest BCUT2D eigenvalue weighted by Crippen LogP contribution is 2.20. The molecule has 0 saturated carbocycles. The van der Waals surface area contributed by atoms with E-state index in [-0.39, 0.29) is 6.01 Å². The van der Waals surface area contributed by atoms with E-state index in [0.29, 0.717) is 23.0 Å². The molecule has 3 N–H and O–H groups in total. The van der Waals surface area contributed by atoms with Gasteiger partial charge < -0.3 is 25.2 Å². The van der Waals surface area contributed by atoms with E-state index in [2.05, 4.69) is 26.1 Å². The van der Waals surface area contributed by atoms with Crippen molar-refractivity contribution in [2.45, 2.75) is 12.5 Å². The number of carbonyl (C=O) groups excluding carboxylic acids is 1. The predicted molar refractivity (Wildman–Crippen MR) is 107 cm³/mol. The summed E-state index contributed by atoms with van der Waals surface area (Å²) in [5.41, 5.74) is 1.60. The number of nitrogens with one attached hydrogen (secondary N) is 3. The highest BCUT2D eigenvalue weighted by Gasteiger charge is 2.21. The summed E-state index contributed by atoms with van der Waals surface area (Å²) in [6, 6.07) is 13.8. The highest BCUT2D eigenvalue weighted by molar-refractivity contribution is 6.30. The quantitative estimate of drug-likeness (QED) is 0.555. The van der Waals surface area contributed by atoms with Crippen LogP contribution in [0.3, 0.4) is 0 Å². The highest BCUT2D eigenvalue weighted by atomic mass is 35.5. The summed E-state index contributed by atoms with van der Waals surface area (Å²) >= 11 is 5.87. The lowest BCUT2D eigenvalue weighted by Gasteiger charge is -2.16. The summed E-state index contributed by atoms with van der Waals surface area (Å²) in [6.45, 7) is 0. The molecule has 8 nitrogen and oxygen atoms in total. The Bertz CT molecular complexity index is 912. The number of amides is 2. The number of benzene rings is 2. The number of halogens is 1. The Kier molecular flexibility index (Phi) is 6.33. The molecule has 3 aromatic rings. The lowest BCUT2D eigenvalue weighted by molar-refractivity contribution is 0.247. The minimum Gasteiger partial charge on any atom is -0.497 e. The second-order valence-electron chi connectivity index (χ2n) is 5.92. The zero-order chi connectivity index (χ0) is 19.9. The second kappa shape index (κ2) is 9.09. The Balaban J connectivity index is 1.74. The Morgan fingerprint density at radius 1 is 1.18 bits per heavy atom. The van der Waals surface area contributed by atoms with Gasteiger partial charge in [-0.3, -0.25) is 0 Å². The number of methoxy groups -OCH3 is 1. The minimum atomic E-state index is -0.494. The van der Waals surface area contributed by atoms with Gasteiger partial charge in [-0.1, -0.05) is 28.9 Å². The van der Waals surface area contributed by atoms with Crippen molar-refractivity contribution in [3.8, 4) is 5.75 Å². The third-order valence-electron chi connectivity index (χ3n) is 3.97. The number of ether oxygens (including phenoxy) is 1. The molecule has 3 rings (SSSR count). The Hall–Kier alpha value is -3.26. The van der Waals surface area contributed by atoms with E-state index in [1.165, 1.54) is 0 Å². The molecule has 0 radical (unpaired) electrons. The van der Waals surface area contributed by atoms with E-state index in [1.54, 1.807) is 38.4 Å². The second-order valence-corrected chi connectivity index (χ2v) is 6.35. The van der Waals surface area contributed by atoms with Gasteiger partial charge in [0, 0.05) is 24.2 Å². The van der Waals surface area contributed by atoms with Crippen LogP contribution in [-0.4, -0.2) is 30.3 Å². The maximum Gasteiger partial charge on any atom is 0.321 e. The van der Waals surface area contributed by atoms with Crippen molar-refractivity contribution in [3.05, 3.63) is 64.9 Å². The Labute approximate surface area is 167 Å². The molecule has 0 saturated heterocycles. The van der Waals surface area contributed by atoms with Crippen LogP contribution in [0.15, 0.2) is 53.1 Å². The summed E-state index contributed by atoms with van der Waals surface area (Å²) < 4.78 is 10.3. The molecule has 1 atom stereocenters. The van der Waals surface area contributed by atoms with Gasteiger partial charge in [-0.05, 0) is 42.0 Å². The van der Waals surface area contributed by atoms with E-state index in [0.717, 1.165) is 11.3 Å². The standard InChI is InChI=1S/C19H20ClN5O3/c1-21-19-24-17(25-28-19)16(11-12-3-9-15(27-2)10-4-12)23-18(26)22-14-7-5-13(20)6-8-14/h3-10,16H,11H2,1-2H3,(H,21,24,25)(H2,22,23,26)/t16-/m0/s1. The molecule has 0 aliphatic carbocycles. The molecule has 28 heavy (non-hydrogen) atoms. The summed E-state index contributed by atoms with van der Waals surface area (Å²) in [7, 11) is 3.29. The third kappa shape index (κ3) is 5.14. The number of nitrogens with zero attached hydrogens (tertiary/aromatic N) is 2. The normalized spacial score (nSPS) is 11.5. The largest absolute Gasteiger partial charge is 0.497 e. The van der Waals surface area contributed by atoms with Crippen LogP contribution in [0, 0.1) is 0 Å². The van der Waals surface area contributed by atoms with Crippen molar-refractivity contribution in [1.82, 2.24) is 15.5 Å². The van der Waals surface area contributed by atoms with Crippen LogP contribution in [0.4, 0.5) is 16.5 Å². The lowest BCUT2D eigenvalue weighted by Crippen LogP contribution is -2.34. The minimum absolute atomic E-state index is 0.273. The fourth-order valence-electron chi connectivity index (χ4n) is 2.54. The molecule has 0 unspecified atom stereocenters. The van der Waals surface area contributed by atoms with Gasteiger partial charge >= 0.3 is 12.0 Å². The van der Waals surface area contributed by atoms with Gasteiger partial charge in [-0.25, -0.2) is 4.79 Å². The van der Waals surface area contributed by atoms with Crippen molar-refractivity contribution in [1.29, 1.82) is 0 Å². The maximum atomic E-state index is 12.5. The topological polar surface area (TPSA) is 101 Å². The average Bonchev–Trinajstić information content (AvgIpc) is 3.19. The van der Waals surface area contributed by atoms with Crippen molar-refractivity contribution < 1.29 is 14.1 Å². The molecule has 0 fully saturated rings. The van der Waals surface area contributed by atoms with Gasteiger partial charge in [-0.15, -0.1) is 0 Å². The Morgan fingerprint density at radius 2 is 1.89 bits per heavy atom. The smallest absolute Gasteiger partial charge is 0.321 e. The number of aromatic nitrogens is 2. The first-order valence-electron chi connectivity index (χ1n) is 8.54. The lowest BCUT2D eigenvalue weighted by atomic mass is 10.1.